The largest absolute Gasteiger partial charge is 0.494 e. The van der Waals surface area contributed by atoms with Crippen LogP contribution < -0.4 is 20.3 Å². The highest BCUT2D eigenvalue weighted by molar-refractivity contribution is 6.22. The van der Waals surface area contributed by atoms with Crippen LogP contribution in [0.25, 0.3) is 0 Å². The SMILES string of the molecule is CCOc1ccc(N2C(=O)C[C@@H](N[C@H]3CCCNC3=O)C2=O)cc1. The molecule has 7 nitrogen and oxygen atoms in total. The Morgan fingerprint density at radius 1 is 1.21 bits per heavy atom. The molecule has 0 radical (unpaired) electrons. The Morgan fingerprint density at radius 3 is 2.62 bits per heavy atom. The lowest BCUT2D eigenvalue weighted by Gasteiger charge is -2.25. The number of piperidine rings is 1. The van der Waals surface area contributed by atoms with Crippen LogP contribution in [0.1, 0.15) is 26.2 Å². The van der Waals surface area contributed by atoms with Gasteiger partial charge in [-0.1, -0.05) is 0 Å². The quantitative estimate of drug-likeness (QED) is 0.771. The summed E-state index contributed by atoms with van der Waals surface area (Å²) in [6, 6.07) is 5.77. The fraction of sp³-hybridized carbons (Fsp3) is 0.471. The number of imide groups is 1. The Balaban J connectivity index is 1.70. The Morgan fingerprint density at radius 2 is 1.96 bits per heavy atom. The van der Waals surface area contributed by atoms with Crippen molar-refractivity contribution in [2.24, 2.45) is 0 Å². The number of amides is 3. The molecular formula is C17H21N3O4. The first-order chi connectivity index (χ1) is 11.6. The highest BCUT2D eigenvalue weighted by atomic mass is 16.5. The van der Waals surface area contributed by atoms with Crippen molar-refractivity contribution in [2.75, 3.05) is 18.1 Å². The van der Waals surface area contributed by atoms with E-state index in [4.69, 9.17) is 4.74 Å². The van der Waals surface area contributed by atoms with E-state index in [1.54, 1.807) is 24.3 Å². The van der Waals surface area contributed by atoms with Gasteiger partial charge in [0.05, 0.1) is 30.8 Å². The van der Waals surface area contributed by atoms with Gasteiger partial charge >= 0.3 is 0 Å². The molecule has 3 amide bonds. The summed E-state index contributed by atoms with van der Waals surface area (Å²) in [5.41, 5.74) is 0.519. The molecule has 1 aromatic carbocycles. The van der Waals surface area contributed by atoms with Gasteiger partial charge in [-0.3, -0.25) is 19.7 Å². The summed E-state index contributed by atoms with van der Waals surface area (Å²) < 4.78 is 5.37. The summed E-state index contributed by atoms with van der Waals surface area (Å²) >= 11 is 0. The Labute approximate surface area is 140 Å². The van der Waals surface area contributed by atoms with Gasteiger partial charge in [-0.15, -0.1) is 0 Å². The first kappa shape index (κ1) is 16.4. The van der Waals surface area contributed by atoms with Crippen molar-refractivity contribution in [3.63, 3.8) is 0 Å². The fourth-order valence-electron chi connectivity index (χ4n) is 3.07. The number of carbonyl (C=O) groups excluding carboxylic acids is 3. The maximum Gasteiger partial charge on any atom is 0.251 e. The van der Waals surface area contributed by atoms with Crippen molar-refractivity contribution >= 4 is 23.4 Å². The van der Waals surface area contributed by atoms with Gasteiger partial charge in [-0.25, -0.2) is 4.90 Å². The van der Waals surface area contributed by atoms with E-state index in [1.807, 2.05) is 6.92 Å². The lowest BCUT2D eigenvalue weighted by Crippen LogP contribution is -2.53. The van der Waals surface area contributed by atoms with E-state index in [2.05, 4.69) is 10.6 Å². The molecule has 0 spiro atoms. The Bertz CT molecular complexity index is 644. The molecule has 2 saturated heterocycles. The summed E-state index contributed by atoms with van der Waals surface area (Å²) in [4.78, 5) is 37.8. The molecular weight excluding hydrogens is 310 g/mol. The maximum atomic E-state index is 12.6. The third-order valence-electron chi connectivity index (χ3n) is 4.24. The zero-order chi connectivity index (χ0) is 17.1. The van der Waals surface area contributed by atoms with Crippen LogP contribution >= 0.6 is 0 Å². The summed E-state index contributed by atoms with van der Waals surface area (Å²) in [7, 11) is 0. The Hall–Kier alpha value is -2.41. The minimum Gasteiger partial charge on any atom is -0.494 e. The molecule has 0 unspecified atom stereocenters. The molecule has 2 N–H and O–H groups in total. The molecule has 0 aromatic heterocycles. The maximum absolute atomic E-state index is 12.6. The minimum atomic E-state index is -0.655. The van der Waals surface area contributed by atoms with Gasteiger partial charge in [0.15, 0.2) is 0 Å². The molecule has 2 heterocycles. The monoisotopic (exact) mass is 331 g/mol. The zero-order valence-corrected chi connectivity index (χ0v) is 13.6. The first-order valence-corrected chi connectivity index (χ1v) is 8.23. The van der Waals surface area contributed by atoms with Crippen LogP contribution in [-0.2, 0) is 14.4 Å². The average Bonchev–Trinajstić information content (AvgIpc) is 2.85. The molecule has 2 aliphatic heterocycles. The molecule has 2 aliphatic rings. The van der Waals surface area contributed by atoms with Gasteiger partial charge in [-0.05, 0) is 44.0 Å². The van der Waals surface area contributed by atoms with Gasteiger partial charge in [0.2, 0.25) is 11.8 Å². The second kappa shape index (κ2) is 7.00. The van der Waals surface area contributed by atoms with Crippen molar-refractivity contribution in [2.45, 2.75) is 38.3 Å². The molecule has 1 aromatic rings. The summed E-state index contributed by atoms with van der Waals surface area (Å²) in [5.74, 6) is -0.00433. The first-order valence-electron chi connectivity index (χ1n) is 8.23. The van der Waals surface area contributed by atoms with E-state index in [0.29, 0.717) is 31.0 Å². The Kier molecular flexibility index (Phi) is 4.80. The summed E-state index contributed by atoms with van der Waals surface area (Å²) in [6.45, 7) is 3.10. The van der Waals surface area contributed by atoms with Crippen LogP contribution in [0.15, 0.2) is 24.3 Å². The second-order valence-electron chi connectivity index (χ2n) is 5.90. The van der Waals surface area contributed by atoms with Crippen molar-refractivity contribution in [1.82, 2.24) is 10.6 Å². The van der Waals surface area contributed by atoms with E-state index < -0.39 is 12.1 Å². The van der Waals surface area contributed by atoms with E-state index in [-0.39, 0.29) is 24.1 Å². The molecule has 2 atom stereocenters. The van der Waals surface area contributed by atoms with Crippen molar-refractivity contribution in [3.05, 3.63) is 24.3 Å². The van der Waals surface area contributed by atoms with Crippen LogP contribution in [0.4, 0.5) is 5.69 Å². The standard InChI is InChI=1S/C17H21N3O4/c1-2-24-12-7-5-11(6-8-12)20-15(21)10-14(17(20)23)19-13-4-3-9-18-16(13)22/h5-8,13-14,19H,2-4,9-10H2,1H3,(H,18,22)/t13-,14+/m0/s1. The molecule has 0 aliphatic carbocycles. The number of hydrogen-bond acceptors (Lipinski definition) is 5. The van der Waals surface area contributed by atoms with E-state index >= 15 is 0 Å². The molecule has 7 heteroatoms. The number of anilines is 1. The summed E-state index contributed by atoms with van der Waals surface area (Å²) in [6.07, 6.45) is 1.60. The normalized spacial score (nSPS) is 24.2. The number of nitrogens with zero attached hydrogens (tertiary/aromatic N) is 1. The zero-order valence-electron chi connectivity index (χ0n) is 13.6. The predicted molar refractivity (Wildman–Crippen MR) is 87.7 cm³/mol. The van der Waals surface area contributed by atoms with Crippen LogP contribution in [0.2, 0.25) is 0 Å². The van der Waals surface area contributed by atoms with Crippen molar-refractivity contribution in [3.8, 4) is 5.75 Å². The van der Waals surface area contributed by atoms with E-state index in [1.165, 1.54) is 4.90 Å². The lowest BCUT2D eigenvalue weighted by atomic mass is 10.1. The van der Waals surface area contributed by atoms with Gasteiger partial charge in [0.1, 0.15) is 5.75 Å². The number of rotatable bonds is 5. The number of carbonyl (C=O) groups is 3. The molecule has 24 heavy (non-hydrogen) atoms. The van der Waals surface area contributed by atoms with Crippen LogP contribution in [0.3, 0.4) is 0 Å². The van der Waals surface area contributed by atoms with Crippen LogP contribution in [0.5, 0.6) is 5.75 Å². The fourth-order valence-corrected chi connectivity index (χ4v) is 3.07. The third kappa shape index (κ3) is 3.26. The topological polar surface area (TPSA) is 87.7 Å². The molecule has 0 saturated carbocycles. The highest BCUT2D eigenvalue weighted by Gasteiger charge is 2.41. The third-order valence-corrected chi connectivity index (χ3v) is 4.24. The number of nitrogens with one attached hydrogen (secondary N) is 2. The highest BCUT2D eigenvalue weighted by Crippen LogP contribution is 2.25. The predicted octanol–water partition coefficient (Wildman–Crippen LogP) is 0.585. The number of hydrogen-bond donors (Lipinski definition) is 2. The second-order valence-corrected chi connectivity index (χ2v) is 5.90. The van der Waals surface area contributed by atoms with E-state index in [9.17, 15) is 14.4 Å². The van der Waals surface area contributed by atoms with Gasteiger partial charge in [0, 0.05) is 6.54 Å². The average molecular weight is 331 g/mol. The molecule has 3 rings (SSSR count). The smallest absolute Gasteiger partial charge is 0.251 e. The van der Waals surface area contributed by atoms with Crippen LogP contribution in [-0.4, -0.2) is 43.0 Å². The van der Waals surface area contributed by atoms with Crippen molar-refractivity contribution in [1.29, 1.82) is 0 Å². The van der Waals surface area contributed by atoms with E-state index in [0.717, 1.165) is 6.42 Å². The number of ether oxygens (including phenoxy) is 1. The van der Waals surface area contributed by atoms with Gasteiger partial charge in [0.25, 0.3) is 5.91 Å². The molecule has 0 bridgehead atoms. The number of benzene rings is 1. The minimum absolute atomic E-state index is 0.0653. The molecule has 128 valence electrons. The van der Waals surface area contributed by atoms with Gasteiger partial charge < -0.3 is 10.1 Å². The van der Waals surface area contributed by atoms with Gasteiger partial charge in [-0.2, -0.15) is 0 Å². The molecule has 2 fully saturated rings. The van der Waals surface area contributed by atoms with Crippen LogP contribution in [0, 0.1) is 0 Å². The summed E-state index contributed by atoms with van der Waals surface area (Å²) in [5, 5.41) is 5.80. The van der Waals surface area contributed by atoms with Crippen molar-refractivity contribution < 1.29 is 19.1 Å². The lowest BCUT2D eigenvalue weighted by molar-refractivity contribution is -0.125.